The number of rotatable bonds is 12. The summed E-state index contributed by atoms with van der Waals surface area (Å²) in [4.78, 5) is 16.9. The number of aliphatic carboxylic acids is 1. The van der Waals surface area contributed by atoms with E-state index in [4.69, 9.17) is 16.3 Å². The van der Waals surface area contributed by atoms with Crippen molar-refractivity contribution in [3.63, 3.8) is 0 Å². The third-order valence-corrected chi connectivity index (χ3v) is 6.90. The number of ether oxygens (including phenoxy) is 1. The SMILES string of the molecule is CCCCC(CC)(Oc1ccccc1CNc1cccc(/C=C/c2ccc3ccc(Cl)cc3n2)c1)C(=O)O. The molecular weight excluding hydrogens is 496 g/mol. The fourth-order valence-electron chi connectivity index (χ4n) is 4.35. The van der Waals surface area contributed by atoms with Crippen molar-refractivity contribution in [1.82, 2.24) is 4.98 Å². The van der Waals surface area contributed by atoms with Gasteiger partial charge in [0, 0.05) is 28.2 Å². The Hall–Kier alpha value is -3.83. The Labute approximate surface area is 229 Å². The second kappa shape index (κ2) is 12.6. The Morgan fingerprint density at radius 2 is 1.84 bits per heavy atom. The average Bonchev–Trinajstić information content (AvgIpc) is 2.93. The van der Waals surface area contributed by atoms with E-state index in [2.05, 4.69) is 23.3 Å². The minimum atomic E-state index is -1.22. The monoisotopic (exact) mass is 528 g/mol. The van der Waals surface area contributed by atoms with Gasteiger partial charge in [-0.3, -0.25) is 0 Å². The van der Waals surface area contributed by atoms with Gasteiger partial charge in [0.2, 0.25) is 5.60 Å². The molecule has 196 valence electrons. The Kier molecular flexibility index (Phi) is 9.03. The molecule has 6 heteroatoms. The van der Waals surface area contributed by atoms with Crippen LogP contribution in [0.5, 0.6) is 5.75 Å². The largest absolute Gasteiger partial charge is 0.478 e. The van der Waals surface area contributed by atoms with Gasteiger partial charge in [-0.25, -0.2) is 9.78 Å². The molecule has 1 unspecified atom stereocenters. The highest BCUT2D eigenvalue weighted by Crippen LogP contribution is 2.30. The van der Waals surface area contributed by atoms with Gasteiger partial charge in [0.05, 0.1) is 11.2 Å². The molecule has 0 aliphatic rings. The summed E-state index contributed by atoms with van der Waals surface area (Å²) in [6, 6.07) is 25.4. The van der Waals surface area contributed by atoms with Gasteiger partial charge in [0.25, 0.3) is 0 Å². The summed E-state index contributed by atoms with van der Waals surface area (Å²) in [5, 5.41) is 15.2. The molecule has 1 aromatic heterocycles. The minimum Gasteiger partial charge on any atom is -0.478 e. The Balaban J connectivity index is 1.47. The maximum atomic E-state index is 12.2. The van der Waals surface area contributed by atoms with Crippen LogP contribution in [0.2, 0.25) is 5.02 Å². The van der Waals surface area contributed by atoms with Gasteiger partial charge >= 0.3 is 5.97 Å². The van der Waals surface area contributed by atoms with E-state index in [0.29, 0.717) is 30.2 Å². The van der Waals surface area contributed by atoms with Crippen molar-refractivity contribution in [3.05, 3.63) is 101 Å². The summed E-state index contributed by atoms with van der Waals surface area (Å²) in [6.45, 7) is 4.42. The summed E-state index contributed by atoms with van der Waals surface area (Å²) >= 11 is 6.12. The van der Waals surface area contributed by atoms with Crippen LogP contribution >= 0.6 is 11.6 Å². The number of fused-ring (bicyclic) bond motifs is 1. The lowest BCUT2D eigenvalue weighted by atomic mass is 9.93. The third-order valence-electron chi connectivity index (χ3n) is 6.66. The van der Waals surface area contributed by atoms with E-state index in [1.54, 1.807) is 0 Å². The van der Waals surface area contributed by atoms with Gasteiger partial charge in [-0.2, -0.15) is 0 Å². The number of carboxylic acids is 1. The summed E-state index contributed by atoms with van der Waals surface area (Å²) in [7, 11) is 0. The Morgan fingerprint density at radius 3 is 2.63 bits per heavy atom. The van der Waals surface area contributed by atoms with Crippen LogP contribution in [0.1, 0.15) is 56.4 Å². The highest BCUT2D eigenvalue weighted by Gasteiger charge is 2.39. The lowest BCUT2D eigenvalue weighted by Crippen LogP contribution is -2.44. The predicted molar refractivity (Wildman–Crippen MR) is 157 cm³/mol. The van der Waals surface area contributed by atoms with Gasteiger partial charge < -0.3 is 15.2 Å². The first-order valence-electron chi connectivity index (χ1n) is 13.0. The van der Waals surface area contributed by atoms with E-state index in [0.717, 1.165) is 46.3 Å². The maximum absolute atomic E-state index is 12.2. The lowest BCUT2D eigenvalue weighted by Gasteiger charge is -2.30. The zero-order valence-electron chi connectivity index (χ0n) is 21.8. The van der Waals surface area contributed by atoms with Gasteiger partial charge in [-0.15, -0.1) is 0 Å². The first-order chi connectivity index (χ1) is 18.4. The van der Waals surface area contributed by atoms with Crippen LogP contribution in [0.15, 0.2) is 78.9 Å². The van der Waals surface area contributed by atoms with Crippen LogP contribution in [0.4, 0.5) is 5.69 Å². The number of nitrogens with zero attached hydrogens (tertiary/aromatic N) is 1. The first kappa shape index (κ1) is 27.2. The highest BCUT2D eigenvalue weighted by molar-refractivity contribution is 6.31. The number of hydrogen-bond acceptors (Lipinski definition) is 4. The number of aromatic nitrogens is 1. The lowest BCUT2D eigenvalue weighted by molar-refractivity contribution is -0.156. The summed E-state index contributed by atoms with van der Waals surface area (Å²) in [6.07, 6.45) is 6.59. The number of para-hydroxylation sites is 1. The molecule has 4 rings (SSSR count). The van der Waals surface area contributed by atoms with Crippen LogP contribution in [0.3, 0.4) is 0 Å². The predicted octanol–water partition coefficient (Wildman–Crippen LogP) is 8.47. The number of unbranched alkanes of at least 4 members (excludes halogenated alkanes) is 1. The molecule has 3 aromatic carbocycles. The van der Waals surface area contributed by atoms with Crippen molar-refractivity contribution in [1.29, 1.82) is 0 Å². The molecule has 0 aliphatic carbocycles. The van der Waals surface area contributed by atoms with Crippen molar-refractivity contribution in [2.45, 2.75) is 51.7 Å². The molecule has 38 heavy (non-hydrogen) atoms. The maximum Gasteiger partial charge on any atom is 0.348 e. The summed E-state index contributed by atoms with van der Waals surface area (Å²) in [5.74, 6) is -0.321. The molecule has 2 N–H and O–H groups in total. The molecule has 5 nitrogen and oxygen atoms in total. The molecule has 1 heterocycles. The van der Waals surface area contributed by atoms with Crippen LogP contribution < -0.4 is 10.1 Å². The molecule has 1 atom stereocenters. The molecule has 0 radical (unpaired) electrons. The molecule has 0 saturated heterocycles. The second-order valence-corrected chi connectivity index (χ2v) is 9.79. The van der Waals surface area contributed by atoms with E-state index >= 15 is 0 Å². The van der Waals surface area contributed by atoms with Crippen LogP contribution in [-0.2, 0) is 11.3 Å². The zero-order valence-corrected chi connectivity index (χ0v) is 22.5. The van der Waals surface area contributed by atoms with E-state index in [-0.39, 0.29) is 0 Å². The molecule has 0 amide bonds. The number of carboxylic acid groups (broad SMARTS) is 1. The van der Waals surface area contributed by atoms with Gasteiger partial charge in [0.15, 0.2) is 0 Å². The topological polar surface area (TPSA) is 71.5 Å². The molecular formula is C32H33ClN2O3. The van der Waals surface area contributed by atoms with Crippen molar-refractivity contribution in [2.24, 2.45) is 0 Å². The third kappa shape index (κ3) is 6.73. The molecule has 0 fully saturated rings. The molecule has 4 aromatic rings. The van der Waals surface area contributed by atoms with Crippen LogP contribution in [0, 0.1) is 0 Å². The van der Waals surface area contributed by atoms with Gasteiger partial charge in [-0.05, 0) is 67.3 Å². The van der Waals surface area contributed by atoms with Gasteiger partial charge in [-0.1, -0.05) is 80.4 Å². The summed E-state index contributed by atoms with van der Waals surface area (Å²) < 4.78 is 6.22. The van der Waals surface area contributed by atoms with Crippen molar-refractivity contribution in [2.75, 3.05) is 5.32 Å². The molecule has 0 saturated carbocycles. The summed E-state index contributed by atoms with van der Waals surface area (Å²) in [5.41, 5.74) is 3.38. The number of halogens is 1. The average molecular weight is 529 g/mol. The minimum absolute atomic E-state index is 0.400. The van der Waals surface area contributed by atoms with Crippen LogP contribution in [-0.4, -0.2) is 21.7 Å². The Morgan fingerprint density at radius 1 is 1.03 bits per heavy atom. The van der Waals surface area contributed by atoms with Crippen molar-refractivity contribution >= 4 is 46.3 Å². The number of anilines is 1. The molecule has 0 aliphatic heterocycles. The second-order valence-electron chi connectivity index (χ2n) is 9.35. The van der Waals surface area contributed by atoms with E-state index in [1.807, 2.05) is 91.9 Å². The smallest absolute Gasteiger partial charge is 0.348 e. The number of benzene rings is 3. The molecule has 0 bridgehead atoms. The van der Waals surface area contributed by atoms with Crippen molar-refractivity contribution < 1.29 is 14.6 Å². The van der Waals surface area contributed by atoms with Crippen molar-refractivity contribution in [3.8, 4) is 5.75 Å². The number of nitrogens with one attached hydrogen (secondary N) is 1. The fourth-order valence-corrected chi connectivity index (χ4v) is 4.52. The quantitative estimate of drug-likeness (QED) is 0.193. The van der Waals surface area contributed by atoms with E-state index in [1.165, 1.54) is 0 Å². The van der Waals surface area contributed by atoms with Gasteiger partial charge in [0.1, 0.15) is 5.75 Å². The highest BCUT2D eigenvalue weighted by atomic mass is 35.5. The zero-order chi connectivity index (χ0) is 27.0. The normalized spacial score (nSPS) is 12.9. The first-order valence-corrected chi connectivity index (χ1v) is 13.4. The Bertz CT molecular complexity index is 1440. The fraction of sp³-hybridized carbons (Fsp3) is 0.250. The number of hydrogen-bond donors (Lipinski definition) is 2. The van der Waals surface area contributed by atoms with Crippen LogP contribution in [0.25, 0.3) is 23.1 Å². The number of carbonyl (C=O) groups is 1. The standard InChI is InChI=1S/C32H33ClN2O3/c1-3-5-19-32(4-2,31(36)37)38-30-12-7-6-10-25(30)22-34-28-11-8-9-23(20-28)13-17-27-18-15-24-14-16-26(33)21-29(24)35-27/h6-18,20-21,34H,3-5,19,22H2,1-2H3,(H,36,37)/b17-13+. The molecule has 0 spiro atoms. The van der Waals surface area contributed by atoms with E-state index in [9.17, 15) is 9.90 Å². The van der Waals surface area contributed by atoms with E-state index < -0.39 is 11.6 Å². The number of pyridine rings is 1.